The molecule has 6 heteroatoms. The van der Waals surface area contributed by atoms with E-state index in [-0.39, 0.29) is 12.6 Å². The number of halogens is 2. The summed E-state index contributed by atoms with van der Waals surface area (Å²) in [5.41, 5.74) is -0.00325. The second-order valence-electron chi connectivity index (χ2n) is 4.28. The summed E-state index contributed by atoms with van der Waals surface area (Å²) in [6, 6.07) is 4.72. The third kappa shape index (κ3) is 4.15. The molecular weight excluding hydrogens is 320 g/mol. The quantitative estimate of drug-likeness (QED) is 0.790. The zero-order valence-corrected chi connectivity index (χ0v) is 12.6. The third-order valence-corrected chi connectivity index (χ3v) is 3.62. The van der Waals surface area contributed by atoms with Crippen LogP contribution in [0.5, 0.6) is 0 Å². The first-order valence-corrected chi connectivity index (χ1v) is 6.72. The van der Waals surface area contributed by atoms with Crippen LogP contribution in [0.1, 0.15) is 20.3 Å². The monoisotopic (exact) mass is 334 g/mol. The minimum absolute atomic E-state index is 0.112. The fourth-order valence-corrected chi connectivity index (χ4v) is 2.04. The first kappa shape index (κ1) is 15.3. The highest BCUT2D eigenvalue weighted by Gasteiger charge is 2.23. The summed E-state index contributed by atoms with van der Waals surface area (Å²) >= 11 is 9.13. The molecule has 1 atom stereocenters. The highest BCUT2D eigenvalue weighted by atomic mass is 79.9. The molecule has 0 bridgehead atoms. The van der Waals surface area contributed by atoms with Gasteiger partial charge in [-0.25, -0.2) is 4.79 Å². The molecule has 0 saturated heterocycles. The summed E-state index contributed by atoms with van der Waals surface area (Å²) in [6.45, 7) is 3.57. The third-order valence-electron chi connectivity index (χ3n) is 2.72. The highest BCUT2D eigenvalue weighted by molar-refractivity contribution is 9.10. The summed E-state index contributed by atoms with van der Waals surface area (Å²) in [4.78, 5) is 11.8. The molecule has 1 aromatic rings. The van der Waals surface area contributed by atoms with Gasteiger partial charge in [0.2, 0.25) is 0 Å². The van der Waals surface area contributed by atoms with Gasteiger partial charge in [-0.15, -0.1) is 0 Å². The van der Waals surface area contributed by atoms with Crippen LogP contribution in [0.25, 0.3) is 0 Å². The van der Waals surface area contributed by atoms with Crippen LogP contribution >= 0.6 is 27.5 Å². The summed E-state index contributed by atoms with van der Waals surface area (Å²) in [5.74, 6) is 0. The summed E-state index contributed by atoms with van der Waals surface area (Å²) in [7, 11) is 0. The van der Waals surface area contributed by atoms with Crippen LogP contribution in [0.3, 0.4) is 0 Å². The lowest BCUT2D eigenvalue weighted by molar-refractivity contribution is 0.172. The van der Waals surface area contributed by atoms with E-state index in [9.17, 15) is 9.90 Å². The Kier molecular flexibility index (Phi) is 5.44. The van der Waals surface area contributed by atoms with Crippen LogP contribution in [-0.2, 0) is 0 Å². The molecule has 0 aromatic heterocycles. The van der Waals surface area contributed by atoms with E-state index in [1.165, 1.54) is 0 Å². The number of urea groups is 1. The number of carbonyl (C=O) groups excluding carboxylic acids is 1. The Morgan fingerprint density at radius 3 is 2.72 bits per heavy atom. The number of hydrogen-bond acceptors (Lipinski definition) is 2. The average molecular weight is 336 g/mol. The molecule has 100 valence electrons. The van der Waals surface area contributed by atoms with Gasteiger partial charge < -0.3 is 15.7 Å². The second-order valence-corrected chi connectivity index (χ2v) is 5.57. The molecule has 18 heavy (non-hydrogen) atoms. The standard InChI is InChI=1S/C12H16BrClN2O2/c1-3-12(2,7-17)16-11(18)15-10-5-4-8(14)6-9(10)13/h4-6,17H,3,7H2,1-2H3,(H2,15,16,18). The van der Waals surface area contributed by atoms with E-state index in [0.29, 0.717) is 21.6 Å². The number of carbonyl (C=O) groups is 1. The van der Waals surface area contributed by atoms with Crippen LogP contribution in [0.2, 0.25) is 5.02 Å². The van der Waals surface area contributed by atoms with Crippen LogP contribution < -0.4 is 10.6 Å². The first-order chi connectivity index (χ1) is 8.40. The molecule has 0 saturated carbocycles. The van der Waals surface area contributed by atoms with Crippen LogP contribution in [0, 0.1) is 0 Å². The van der Waals surface area contributed by atoms with Crippen molar-refractivity contribution < 1.29 is 9.90 Å². The zero-order chi connectivity index (χ0) is 13.8. The molecule has 1 unspecified atom stereocenters. The molecule has 1 rings (SSSR count). The van der Waals surface area contributed by atoms with Gasteiger partial charge in [0, 0.05) is 9.50 Å². The largest absolute Gasteiger partial charge is 0.394 e. The predicted octanol–water partition coefficient (Wildman–Crippen LogP) is 3.39. The van der Waals surface area contributed by atoms with Gasteiger partial charge >= 0.3 is 6.03 Å². The molecule has 0 radical (unpaired) electrons. The number of rotatable bonds is 4. The molecule has 0 fully saturated rings. The minimum Gasteiger partial charge on any atom is -0.394 e. The number of hydrogen-bond donors (Lipinski definition) is 3. The van der Waals surface area contributed by atoms with Gasteiger partial charge in [0.25, 0.3) is 0 Å². The van der Waals surface area contributed by atoms with Crippen molar-refractivity contribution in [3.05, 3.63) is 27.7 Å². The molecule has 2 amide bonds. The summed E-state index contributed by atoms with van der Waals surface area (Å²) in [5, 5.41) is 15.2. The Bertz CT molecular complexity index is 436. The SMILES string of the molecule is CCC(C)(CO)NC(=O)Nc1ccc(Cl)cc1Br. The molecule has 3 N–H and O–H groups in total. The first-order valence-electron chi connectivity index (χ1n) is 5.55. The highest BCUT2D eigenvalue weighted by Crippen LogP contribution is 2.25. The van der Waals surface area contributed by atoms with Crippen molar-refractivity contribution in [1.29, 1.82) is 0 Å². The number of anilines is 1. The maximum Gasteiger partial charge on any atom is 0.319 e. The lowest BCUT2D eigenvalue weighted by atomic mass is 10.0. The van der Waals surface area contributed by atoms with Gasteiger partial charge in [0.15, 0.2) is 0 Å². The fourth-order valence-electron chi connectivity index (χ4n) is 1.26. The van der Waals surface area contributed by atoms with Crippen molar-refractivity contribution in [1.82, 2.24) is 5.32 Å². The maximum atomic E-state index is 11.8. The topological polar surface area (TPSA) is 61.4 Å². The lowest BCUT2D eigenvalue weighted by Gasteiger charge is -2.27. The van der Waals surface area contributed by atoms with E-state index < -0.39 is 5.54 Å². The van der Waals surface area contributed by atoms with Gasteiger partial charge in [-0.1, -0.05) is 18.5 Å². The number of nitrogens with one attached hydrogen (secondary N) is 2. The fraction of sp³-hybridized carbons (Fsp3) is 0.417. The van der Waals surface area contributed by atoms with Crippen molar-refractivity contribution in [2.45, 2.75) is 25.8 Å². The van der Waals surface area contributed by atoms with Crippen molar-refractivity contribution in [3.8, 4) is 0 Å². The smallest absolute Gasteiger partial charge is 0.319 e. The summed E-state index contributed by atoms with van der Waals surface area (Å²) in [6.07, 6.45) is 0.638. The zero-order valence-electron chi connectivity index (χ0n) is 10.3. The summed E-state index contributed by atoms with van der Waals surface area (Å²) < 4.78 is 0.701. The second kappa shape index (κ2) is 6.41. The van der Waals surface area contributed by atoms with E-state index in [0.717, 1.165) is 0 Å². The molecule has 4 nitrogen and oxygen atoms in total. The molecule has 1 aromatic carbocycles. The van der Waals surface area contributed by atoms with Gasteiger partial charge in [-0.2, -0.15) is 0 Å². The predicted molar refractivity (Wildman–Crippen MR) is 77.1 cm³/mol. The minimum atomic E-state index is -0.622. The van der Waals surface area contributed by atoms with E-state index in [2.05, 4.69) is 26.6 Å². The molecule has 0 heterocycles. The Balaban J connectivity index is 2.70. The van der Waals surface area contributed by atoms with Gasteiger partial charge in [-0.05, 0) is 47.5 Å². The Labute approximate surface area is 120 Å². The number of benzene rings is 1. The number of amides is 2. The molecule has 0 spiro atoms. The molecule has 0 aliphatic rings. The van der Waals surface area contributed by atoms with E-state index in [1.807, 2.05) is 6.92 Å². The van der Waals surface area contributed by atoms with Crippen molar-refractivity contribution in [2.75, 3.05) is 11.9 Å². The average Bonchev–Trinajstić information content (AvgIpc) is 2.32. The van der Waals surface area contributed by atoms with Gasteiger partial charge in [0.05, 0.1) is 17.8 Å². The normalized spacial score (nSPS) is 13.8. The molecule has 0 aliphatic heterocycles. The van der Waals surface area contributed by atoms with Crippen LogP contribution in [0.15, 0.2) is 22.7 Å². The van der Waals surface area contributed by atoms with Gasteiger partial charge in [-0.3, -0.25) is 0 Å². The van der Waals surface area contributed by atoms with Crippen molar-refractivity contribution >= 4 is 39.2 Å². The van der Waals surface area contributed by atoms with E-state index in [1.54, 1.807) is 25.1 Å². The Morgan fingerprint density at radius 2 is 2.22 bits per heavy atom. The molecule has 0 aliphatic carbocycles. The Morgan fingerprint density at radius 1 is 1.56 bits per heavy atom. The number of aliphatic hydroxyl groups is 1. The number of aliphatic hydroxyl groups excluding tert-OH is 1. The van der Waals surface area contributed by atoms with Crippen LogP contribution in [-0.4, -0.2) is 23.3 Å². The van der Waals surface area contributed by atoms with Gasteiger partial charge in [0.1, 0.15) is 0 Å². The van der Waals surface area contributed by atoms with Crippen LogP contribution in [0.4, 0.5) is 10.5 Å². The lowest BCUT2D eigenvalue weighted by Crippen LogP contribution is -2.50. The molecular formula is C12H16BrClN2O2. The van der Waals surface area contributed by atoms with Crippen molar-refractivity contribution in [3.63, 3.8) is 0 Å². The van der Waals surface area contributed by atoms with E-state index in [4.69, 9.17) is 11.6 Å². The van der Waals surface area contributed by atoms with E-state index >= 15 is 0 Å². The Hall–Kier alpha value is -0.780. The maximum absolute atomic E-state index is 11.8. The van der Waals surface area contributed by atoms with Crippen molar-refractivity contribution in [2.24, 2.45) is 0 Å².